The van der Waals surface area contributed by atoms with Crippen LogP contribution in [0.1, 0.15) is 157 Å². The number of primary amides is 1. The summed E-state index contributed by atoms with van der Waals surface area (Å²) in [6.45, 7) is 21.5. The maximum absolute atomic E-state index is 14.6. The van der Waals surface area contributed by atoms with Gasteiger partial charge in [0, 0.05) is 103 Å². The lowest BCUT2D eigenvalue weighted by atomic mass is 9.89. The first-order chi connectivity index (χ1) is 50.3. The number of benzene rings is 3. The molecular formula is C79H122N12O15. The van der Waals surface area contributed by atoms with Gasteiger partial charge in [-0.2, -0.15) is 0 Å². The van der Waals surface area contributed by atoms with E-state index in [1.165, 1.54) is 16.9 Å². The molecule has 2 heterocycles. The van der Waals surface area contributed by atoms with Crippen molar-refractivity contribution in [3.05, 3.63) is 95.6 Å². The van der Waals surface area contributed by atoms with E-state index in [0.29, 0.717) is 75.2 Å². The number of amides is 11. The van der Waals surface area contributed by atoms with Gasteiger partial charge in [0.15, 0.2) is 0 Å². The molecule has 11 amide bonds. The van der Waals surface area contributed by atoms with Gasteiger partial charge in [-0.25, -0.2) is 14.4 Å². The number of nitrogens with one attached hydrogen (secondary N) is 6. The molecular weight excluding hydrogens is 1360 g/mol. The first-order valence-electron chi connectivity index (χ1n) is 37.7. The summed E-state index contributed by atoms with van der Waals surface area (Å²) in [5.41, 5.74) is 8.76. The summed E-state index contributed by atoms with van der Waals surface area (Å²) in [5, 5.41) is 17.2. The van der Waals surface area contributed by atoms with Crippen LogP contribution in [-0.4, -0.2) is 215 Å². The summed E-state index contributed by atoms with van der Waals surface area (Å²) >= 11 is 0. The molecule has 3 aromatic carbocycles. The largest absolute Gasteiger partial charge is 0.467 e. The lowest BCUT2D eigenvalue weighted by Crippen LogP contribution is -2.57. The Hall–Kier alpha value is -8.53. The number of likely N-dealkylation sites (tertiary alicyclic amines) is 2. The van der Waals surface area contributed by atoms with Gasteiger partial charge in [0.2, 0.25) is 47.3 Å². The van der Waals surface area contributed by atoms with Gasteiger partial charge < -0.3 is 61.5 Å². The molecule has 8 N–H and O–H groups in total. The Morgan fingerprint density at radius 2 is 1.35 bits per heavy atom. The van der Waals surface area contributed by atoms with Gasteiger partial charge in [-0.1, -0.05) is 137 Å². The molecule has 27 nitrogen and oxygen atoms in total. The van der Waals surface area contributed by atoms with Crippen LogP contribution in [0.15, 0.2) is 78.9 Å². The van der Waals surface area contributed by atoms with Crippen molar-refractivity contribution in [3.8, 4) is 0 Å². The number of likely N-dealkylation sites (N-methyl/N-ethyl adjacent to an activating group) is 2. The number of unbranched alkanes of at least 4 members (excludes halogenated alkanes) is 2. The molecule has 2 aliphatic rings. The number of carbonyl (C=O) groups is 11. The number of hydrogen-bond donors (Lipinski definition) is 7. The average Bonchev–Trinajstić information content (AvgIpc) is 1.59. The van der Waals surface area contributed by atoms with Gasteiger partial charge in [-0.3, -0.25) is 58.0 Å². The summed E-state index contributed by atoms with van der Waals surface area (Å²) in [6.07, 6.45) is 3.74. The summed E-state index contributed by atoms with van der Waals surface area (Å²) < 4.78 is 23.0. The van der Waals surface area contributed by atoms with Crippen molar-refractivity contribution >= 4 is 76.7 Å². The van der Waals surface area contributed by atoms with Crippen molar-refractivity contribution in [2.75, 3.05) is 85.4 Å². The Labute approximate surface area is 627 Å². The quantitative estimate of drug-likeness (QED) is 0.0165. The van der Waals surface area contributed by atoms with E-state index in [1.807, 2.05) is 87.4 Å². The third-order valence-corrected chi connectivity index (χ3v) is 20.6. The van der Waals surface area contributed by atoms with Crippen molar-refractivity contribution in [3.63, 3.8) is 0 Å². The van der Waals surface area contributed by atoms with Crippen LogP contribution in [0, 0.1) is 35.5 Å². The second kappa shape index (κ2) is 43.9. The van der Waals surface area contributed by atoms with Crippen LogP contribution in [0.2, 0.25) is 0 Å². The Morgan fingerprint density at radius 1 is 0.689 bits per heavy atom. The minimum atomic E-state index is -1.07. The van der Waals surface area contributed by atoms with Crippen LogP contribution < -0.4 is 42.5 Å². The molecule has 0 aromatic heterocycles. The van der Waals surface area contributed by atoms with Crippen LogP contribution >= 0.6 is 0 Å². The highest BCUT2D eigenvalue weighted by molar-refractivity contribution is 6.03. The summed E-state index contributed by atoms with van der Waals surface area (Å²) in [5.74, 6) is -4.22. The third kappa shape index (κ3) is 26.8. The molecule has 2 fully saturated rings. The fraction of sp³-hybridized carbons (Fsp3) is 0.633. The first kappa shape index (κ1) is 88.1. The van der Waals surface area contributed by atoms with Crippen molar-refractivity contribution in [1.82, 2.24) is 46.2 Å². The third-order valence-electron chi connectivity index (χ3n) is 20.6. The first-order valence-corrected chi connectivity index (χ1v) is 37.7. The number of rotatable bonds is 44. The van der Waals surface area contributed by atoms with E-state index in [0.717, 1.165) is 24.0 Å². The summed E-state index contributed by atoms with van der Waals surface area (Å²) in [7, 11) is 10.1. The average molecular weight is 1480 g/mol. The van der Waals surface area contributed by atoms with E-state index in [2.05, 4.69) is 69.4 Å². The lowest BCUT2D eigenvalue weighted by molar-refractivity contribution is -0.147. The van der Waals surface area contributed by atoms with E-state index < -0.39 is 72.2 Å². The Bertz CT molecular complexity index is 3340. The lowest BCUT2D eigenvalue weighted by Gasteiger charge is -2.41. The smallest absolute Gasteiger partial charge is 0.414 e. The number of carbonyl (C=O) groups excluding carboxylic acids is 11. The van der Waals surface area contributed by atoms with Gasteiger partial charge >= 0.3 is 18.1 Å². The Kier molecular flexibility index (Phi) is 36.5. The van der Waals surface area contributed by atoms with Crippen LogP contribution in [0.3, 0.4) is 0 Å². The number of nitrogens with two attached hydrogens (primary N) is 1. The second-order valence-electron chi connectivity index (χ2n) is 29.7. The number of methoxy groups -OCH3 is 3. The second-order valence-corrected chi connectivity index (χ2v) is 29.7. The van der Waals surface area contributed by atoms with E-state index in [-0.39, 0.29) is 135 Å². The van der Waals surface area contributed by atoms with Gasteiger partial charge in [0.05, 0.1) is 43.7 Å². The molecule has 1 unspecified atom stereocenters. The Morgan fingerprint density at radius 3 is 1.93 bits per heavy atom. The molecule has 0 saturated carbocycles. The van der Waals surface area contributed by atoms with Gasteiger partial charge in [-0.05, 0) is 124 Å². The number of hydrogen-bond acceptors (Lipinski definition) is 17. The fourth-order valence-electron chi connectivity index (χ4n) is 14.1. The van der Waals surface area contributed by atoms with E-state index in [1.54, 1.807) is 73.2 Å². The molecule has 5 rings (SSSR count). The SMILES string of the molecule is CC[C@H](C)[C@@H]([C@@H](CC(=O)N1CCC[C@H]1[C@H](OC)[C@@H](C)C(=O)N[C@@H](Cc1ccccc1)C(=O)OC)OC)N(C)C[C@@H](NC(=O)[C@H](C(C)C)N(C)CCc1ccc(N(C)C(=O)OCc2ccc(NC(=O)[C@H](CCCNC(N)=O)NC(=O)[C@@H](NC(=O)CCCCCN3C(=O)CC(C)C3=O)C(C)C)cc2)cc1)C(C)C. The van der Waals surface area contributed by atoms with Crippen LogP contribution in [0.4, 0.5) is 21.0 Å². The maximum atomic E-state index is 14.6. The molecule has 0 spiro atoms. The molecule has 2 aliphatic heterocycles. The number of nitrogens with zero attached hydrogens (tertiary/aromatic N) is 5. The van der Waals surface area contributed by atoms with E-state index >= 15 is 0 Å². The number of anilines is 2. The maximum Gasteiger partial charge on any atom is 0.414 e. The molecule has 588 valence electrons. The zero-order valence-electron chi connectivity index (χ0n) is 65.5. The zero-order chi connectivity index (χ0) is 78.5. The number of esters is 1. The number of ether oxygens (including phenoxy) is 4. The van der Waals surface area contributed by atoms with Gasteiger partial charge in [0.25, 0.3) is 0 Å². The normalized spacial score (nSPS) is 17.4. The number of imide groups is 1. The summed E-state index contributed by atoms with van der Waals surface area (Å²) in [6, 6.07) is 18.6. The van der Waals surface area contributed by atoms with Crippen molar-refractivity contribution in [2.45, 2.75) is 214 Å². The highest BCUT2D eigenvalue weighted by Gasteiger charge is 2.43. The number of urea groups is 1. The van der Waals surface area contributed by atoms with E-state index in [4.69, 9.17) is 24.7 Å². The highest BCUT2D eigenvalue weighted by Crippen LogP contribution is 2.31. The van der Waals surface area contributed by atoms with Crippen LogP contribution in [0.25, 0.3) is 0 Å². The van der Waals surface area contributed by atoms with Crippen molar-refractivity contribution in [2.24, 2.45) is 41.2 Å². The standard InChI is InChI=1S/C79H122N12O15/c1-17-52(8)70(64(103-14)46-67(94)90-42-25-29-63(90)71(104-15)54(10)72(95)84-61(77(100)105-16)45-56-26-20-18-21-27-56)88(12)47-62(49(2)3)85-75(98)69(51(6)7)87(11)43-39-55-33-37-59(38-34-55)89(13)79(102)106-48-57-31-35-58(36-32-57)82-73(96)60(28-24-40-81-78(80)101)83-74(97)68(50(4)5)86-65(92)30-22-19-23-41-91-66(93)44-53(9)76(91)99/h18,20-21,26-27,31-38,49-54,60-64,68-71H,17,19,22-25,28-30,39-48H2,1-16H3,(H,82,96)(H,83,97)(H,84,95)(H,85,98)(H,86,92)(H3,80,81,101)/t52-,53?,54+,60-,61-,62+,63-,64+,68-,69-,70-,71+/m0/s1. The topological polar surface area (TPSA) is 339 Å². The van der Waals surface area contributed by atoms with Crippen LogP contribution in [-0.2, 0) is 81.5 Å². The molecule has 3 aromatic rings. The fourth-order valence-corrected chi connectivity index (χ4v) is 14.1. The predicted octanol–water partition coefficient (Wildman–Crippen LogP) is 7.36. The molecule has 0 aliphatic carbocycles. The molecule has 27 heteroatoms. The van der Waals surface area contributed by atoms with Crippen LogP contribution in [0.5, 0.6) is 0 Å². The minimum absolute atomic E-state index is 0.0361. The van der Waals surface area contributed by atoms with E-state index in [9.17, 15) is 52.7 Å². The minimum Gasteiger partial charge on any atom is -0.467 e. The van der Waals surface area contributed by atoms with Crippen molar-refractivity contribution in [1.29, 1.82) is 0 Å². The van der Waals surface area contributed by atoms with Gasteiger partial charge in [-0.15, -0.1) is 0 Å². The van der Waals surface area contributed by atoms with Gasteiger partial charge in [0.1, 0.15) is 24.7 Å². The highest BCUT2D eigenvalue weighted by atomic mass is 16.6. The van der Waals surface area contributed by atoms with Crippen molar-refractivity contribution < 1.29 is 71.7 Å². The molecule has 0 radical (unpaired) electrons. The Balaban J connectivity index is 1.11. The molecule has 106 heavy (non-hydrogen) atoms. The molecule has 2 saturated heterocycles. The molecule has 0 bridgehead atoms. The summed E-state index contributed by atoms with van der Waals surface area (Å²) in [4.78, 5) is 154. The monoisotopic (exact) mass is 1480 g/mol. The predicted molar refractivity (Wildman–Crippen MR) is 406 cm³/mol. The zero-order valence-corrected chi connectivity index (χ0v) is 65.5. The molecule has 12 atom stereocenters.